The number of carboxylic acid groups (broad SMARTS) is 1. The second kappa shape index (κ2) is 6.72. The number of methoxy groups -OCH3 is 1. The number of aliphatic carboxylic acids is 1. The number of amides is 1. The SMILES string of the molecule is COc1ccc(C(=O)N(C)CCCC(=O)O)c(F)c1. The fourth-order valence-corrected chi connectivity index (χ4v) is 1.57. The first kappa shape index (κ1) is 14.9. The lowest BCUT2D eigenvalue weighted by molar-refractivity contribution is -0.137. The molecule has 1 rings (SSSR count). The third-order valence-electron chi connectivity index (χ3n) is 2.64. The molecule has 1 aromatic carbocycles. The van der Waals surface area contributed by atoms with E-state index in [4.69, 9.17) is 9.84 Å². The third-order valence-corrected chi connectivity index (χ3v) is 2.64. The van der Waals surface area contributed by atoms with E-state index in [1.165, 1.54) is 31.2 Å². The zero-order chi connectivity index (χ0) is 14.4. The molecule has 0 heterocycles. The molecule has 0 aromatic heterocycles. The second-order valence-electron chi connectivity index (χ2n) is 4.07. The number of halogens is 1. The molecule has 0 unspecified atom stereocenters. The Bertz CT molecular complexity index is 476. The predicted molar refractivity (Wildman–Crippen MR) is 66.8 cm³/mol. The van der Waals surface area contributed by atoms with Gasteiger partial charge in [0.25, 0.3) is 5.91 Å². The highest BCUT2D eigenvalue weighted by Crippen LogP contribution is 2.17. The van der Waals surface area contributed by atoms with Gasteiger partial charge in [-0.2, -0.15) is 0 Å². The number of carbonyl (C=O) groups excluding carboxylic acids is 1. The van der Waals surface area contributed by atoms with Crippen molar-refractivity contribution >= 4 is 11.9 Å². The molecule has 0 spiro atoms. The van der Waals surface area contributed by atoms with E-state index < -0.39 is 17.7 Å². The Kier molecular flexibility index (Phi) is 5.29. The summed E-state index contributed by atoms with van der Waals surface area (Å²) in [5, 5.41) is 8.51. The molecule has 0 aliphatic heterocycles. The molecular weight excluding hydrogens is 253 g/mol. The lowest BCUT2D eigenvalue weighted by Crippen LogP contribution is -2.28. The molecule has 0 aliphatic carbocycles. The normalized spacial score (nSPS) is 10.1. The Morgan fingerprint density at radius 1 is 1.42 bits per heavy atom. The van der Waals surface area contributed by atoms with Crippen molar-refractivity contribution in [3.8, 4) is 5.75 Å². The Labute approximate surface area is 110 Å². The average molecular weight is 269 g/mol. The van der Waals surface area contributed by atoms with Gasteiger partial charge in [0.1, 0.15) is 11.6 Å². The second-order valence-corrected chi connectivity index (χ2v) is 4.07. The van der Waals surface area contributed by atoms with E-state index in [1.54, 1.807) is 0 Å². The number of ether oxygens (including phenoxy) is 1. The number of rotatable bonds is 6. The van der Waals surface area contributed by atoms with Crippen LogP contribution in [0.5, 0.6) is 5.75 Å². The van der Waals surface area contributed by atoms with Crippen LogP contribution in [0.1, 0.15) is 23.2 Å². The molecule has 0 aliphatic rings. The standard InChI is InChI=1S/C13H16FNO4/c1-15(7-3-4-12(16)17)13(18)10-6-5-9(19-2)8-11(10)14/h5-6,8H,3-4,7H2,1-2H3,(H,16,17). The highest BCUT2D eigenvalue weighted by atomic mass is 19.1. The summed E-state index contributed by atoms with van der Waals surface area (Å²) < 4.78 is 18.5. The summed E-state index contributed by atoms with van der Waals surface area (Å²) in [6, 6.07) is 3.99. The van der Waals surface area contributed by atoms with Crippen molar-refractivity contribution in [3.63, 3.8) is 0 Å². The van der Waals surface area contributed by atoms with Crippen molar-refractivity contribution in [3.05, 3.63) is 29.6 Å². The molecule has 5 nitrogen and oxygen atoms in total. The van der Waals surface area contributed by atoms with E-state index >= 15 is 0 Å². The summed E-state index contributed by atoms with van der Waals surface area (Å²) in [6.07, 6.45) is 0.304. The molecule has 0 saturated carbocycles. The molecule has 0 bridgehead atoms. The van der Waals surface area contributed by atoms with Gasteiger partial charge in [-0.05, 0) is 18.6 Å². The molecular formula is C13H16FNO4. The monoisotopic (exact) mass is 269 g/mol. The molecule has 0 saturated heterocycles. The van der Waals surface area contributed by atoms with E-state index in [0.717, 1.165) is 6.07 Å². The zero-order valence-electron chi connectivity index (χ0n) is 10.9. The fraction of sp³-hybridized carbons (Fsp3) is 0.385. The van der Waals surface area contributed by atoms with Crippen LogP contribution in [0, 0.1) is 5.82 Å². The molecule has 1 amide bonds. The number of carboxylic acids is 1. The van der Waals surface area contributed by atoms with Crippen molar-refractivity contribution in [2.24, 2.45) is 0 Å². The van der Waals surface area contributed by atoms with Crippen LogP contribution in [0.3, 0.4) is 0 Å². The molecule has 19 heavy (non-hydrogen) atoms. The van der Waals surface area contributed by atoms with Crippen molar-refractivity contribution < 1.29 is 23.8 Å². The largest absolute Gasteiger partial charge is 0.497 e. The molecule has 0 fully saturated rings. The number of benzene rings is 1. The van der Waals surface area contributed by atoms with Gasteiger partial charge >= 0.3 is 5.97 Å². The van der Waals surface area contributed by atoms with Gasteiger partial charge in [0.05, 0.1) is 12.7 Å². The maximum Gasteiger partial charge on any atom is 0.303 e. The minimum absolute atomic E-state index is 0.0251. The van der Waals surface area contributed by atoms with Crippen LogP contribution in [-0.2, 0) is 4.79 Å². The smallest absolute Gasteiger partial charge is 0.303 e. The van der Waals surface area contributed by atoms with Gasteiger partial charge in [-0.15, -0.1) is 0 Å². The molecule has 1 N–H and O–H groups in total. The quantitative estimate of drug-likeness (QED) is 0.854. The van der Waals surface area contributed by atoms with E-state index in [-0.39, 0.29) is 18.5 Å². The lowest BCUT2D eigenvalue weighted by atomic mass is 10.1. The summed E-state index contributed by atoms with van der Waals surface area (Å²) in [5.74, 6) is -1.72. The van der Waals surface area contributed by atoms with Gasteiger partial charge in [0, 0.05) is 26.1 Å². The van der Waals surface area contributed by atoms with Crippen LogP contribution < -0.4 is 4.74 Å². The Morgan fingerprint density at radius 3 is 2.63 bits per heavy atom. The van der Waals surface area contributed by atoms with E-state index in [2.05, 4.69) is 0 Å². The first-order valence-electron chi connectivity index (χ1n) is 5.76. The summed E-state index contributed by atoms with van der Waals surface area (Å²) in [7, 11) is 2.92. The van der Waals surface area contributed by atoms with Gasteiger partial charge in [-0.1, -0.05) is 0 Å². The van der Waals surface area contributed by atoms with Gasteiger partial charge in [-0.3, -0.25) is 9.59 Å². The van der Waals surface area contributed by atoms with Crippen LogP contribution in [0.25, 0.3) is 0 Å². The van der Waals surface area contributed by atoms with Crippen molar-refractivity contribution in [2.75, 3.05) is 20.7 Å². The topological polar surface area (TPSA) is 66.8 Å². The fourth-order valence-electron chi connectivity index (χ4n) is 1.57. The Balaban J connectivity index is 2.68. The van der Waals surface area contributed by atoms with Crippen LogP contribution in [0.15, 0.2) is 18.2 Å². The molecule has 1 aromatic rings. The summed E-state index contributed by atoms with van der Waals surface area (Å²) in [5.41, 5.74) is -0.0568. The number of carbonyl (C=O) groups is 2. The average Bonchev–Trinajstić information content (AvgIpc) is 2.37. The van der Waals surface area contributed by atoms with Crippen molar-refractivity contribution in [1.82, 2.24) is 4.90 Å². The first-order valence-corrected chi connectivity index (χ1v) is 5.76. The molecule has 6 heteroatoms. The number of hydrogen-bond acceptors (Lipinski definition) is 3. The molecule has 0 radical (unpaired) electrons. The van der Waals surface area contributed by atoms with Crippen LogP contribution in [0.2, 0.25) is 0 Å². The highest BCUT2D eigenvalue weighted by molar-refractivity contribution is 5.94. The van der Waals surface area contributed by atoms with Crippen LogP contribution in [0.4, 0.5) is 4.39 Å². The highest BCUT2D eigenvalue weighted by Gasteiger charge is 2.16. The third kappa shape index (κ3) is 4.24. The van der Waals surface area contributed by atoms with E-state index in [1.807, 2.05) is 0 Å². The minimum Gasteiger partial charge on any atom is -0.497 e. The lowest BCUT2D eigenvalue weighted by Gasteiger charge is -2.17. The summed E-state index contributed by atoms with van der Waals surface area (Å²) in [4.78, 5) is 23.6. The maximum absolute atomic E-state index is 13.7. The molecule has 104 valence electrons. The predicted octanol–water partition coefficient (Wildman–Crippen LogP) is 1.77. The van der Waals surface area contributed by atoms with Crippen LogP contribution >= 0.6 is 0 Å². The van der Waals surface area contributed by atoms with Gasteiger partial charge < -0.3 is 14.7 Å². The number of hydrogen-bond donors (Lipinski definition) is 1. The maximum atomic E-state index is 13.7. The van der Waals surface area contributed by atoms with Gasteiger partial charge in [-0.25, -0.2) is 4.39 Å². The van der Waals surface area contributed by atoms with Gasteiger partial charge in [0.2, 0.25) is 0 Å². The Morgan fingerprint density at radius 2 is 2.11 bits per heavy atom. The minimum atomic E-state index is -0.920. The number of nitrogens with zero attached hydrogens (tertiary/aromatic N) is 1. The van der Waals surface area contributed by atoms with Crippen LogP contribution in [-0.4, -0.2) is 42.6 Å². The summed E-state index contributed by atoms with van der Waals surface area (Å²) >= 11 is 0. The van der Waals surface area contributed by atoms with Crippen molar-refractivity contribution in [1.29, 1.82) is 0 Å². The zero-order valence-corrected chi connectivity index (χ0v) is 10.9. The Hall–Kier alpha value is -2.11. The molecule has 0 atom stereocenters. The van der Waals surface area contributed by atoms with Gasteiger partial charge in [0.15, 0.2) is 0 Å². The van der Waals surface area contributed by atoms with E-state index in [9.17, 15) is 14.0 Å². The first-order chi connectivity index (χ1) is 8.95. The van der Waals surface area contributed by atoms with E-state index in [0.29, 0.717) is 12.2 Å². The summed E-state index contributed by atoms with van der Waals surface area (Å²) in [6.45, 7) is 0.261. The van der Waals surface area contributed by atoms with Crippen molar-refractivity contribution in [2.45, 2.75) is 12.8 Å².